The van der Waals surface area contributed by atoms with Gasteiger partial charge in [0.2, 0.25) is 11.8 Å². The summed E-state index contributed by atoms with van der Waals surface area (Å²) in [5.41, 5.74) is 0.799. The van der Waals surface area contributed by atoms with Crippen molar-refractivity contribution in [2.45, 2.75) is 77.5 Å². The lowest BCUT2D eigenvalue weighted by atomic mass is 9.80. The van der Waals surface area contributed by atoms with Crippen molar-refractivity contribution in [3.05, 3.63) is 63.4 Å². The molecule has 4 heterocycles. The summed E-state index contributed by atoms with van der Waals surface area (Å²) >= 11 is 6.49. The number of benzene rings is 1. The molecule has 3 aliphatic heterocycles. The fraction of sp³-hybridized carbons (Fsp3) is 0.594. The molecule has 3 aliphatic rings. The van der Waals surface area contributed by atoms with Crippen LogP contribution in [0, 0.1) is 29.9 Å². The highest BCUT2D eigenvalue weighted by Gasteiger charge is 2.55. The number of pyridine rings is 1. The maximum Gasteiger partial charge on any atom is 0.228 e. The lowest BCUT2D eigenvalue weighted by Crippen LogP contribution is -2.49. The summed E-state index contributed by atoms with van der Waals surface area (Å²) in [5, 5.41) is 3.26. The van der Waals surface area contributed by atoms with Crippen molar-refractivity contribution in [1.82, 2.24) is 20.1 Å². The van der Waals surface area contributed by atoms with Gasteiger partial charge in [-0.3, -0.25) is 19.5 Å². The van der Waals surface area contributed by atoms with Crippen molar-refractivity contribution in [2.75, 3.05) is 33.2 Å². The maximum atomic E-state index is 15.0. The molecule has 42 heavy (non-hydrogen) atoms. The first-order valence-electron chi connectivity index (χ1n) is 14.7. The number of piperidine rings is 1. The molecule has 2 amide bonds. The van der Waals surface area contributed by atoms with Crippen molar-refractivity contribution in [3.8, 4) is 0 Å². The highest BCUT2D eigenvalue weighted by atomic mass is 35.5. The first-order chi connectivity index (χ1) is 19.6. The Hall–Kier alpha value is -2.62. The smallest absolute Gasteiger partial charge is 0.228 e. The van der Waals surface area contributed by atoms with Gasteiger partial charge in [0, 0.05) is 56.3 Å². The molecule has 0 bridgehead atoms. The van der Waals surface area contributed by atoms with Crippen molar-refractivity contribution in [3.63, 3.8) is 0 Å². The summed E-state index contributed by atoms with van der Waals surface area (Å²) in [4.78, 5) is 35.9. The zero-order valence-corrected chi connectivity index (χ0v) is 26.2. The third-order valence-corrected chi connectivity index (χ3v) is 9.92. The van der Waals surface area contributed by atoms with Crippen LogP contribution in [0.3, 0.4) is 0 Å². The molecule has 2 saturated heterocycles. The summed E-state index contributed by atoms with van der Waals surface area (Å²) in [5.74, 6) is -2.29. The Bertz CT molecular complexity index is 1400. The molecule has 0 aliphatic carbocycles. The molecule has 1 aromatic heterocycles. The maximum absolute atomic E-state index is 15.0. The van der Waals surface area contributed by atoms with Gasteiger partial charge in [-0.05, 0) is 72.1 Å². The number of nitrogens with zero attached hydrogens (tertiary/aromatic N) is 3. The van der Waals surface area contributed by atoms with E-state index in [4.69, 9.17) is 21.3 Å². The molecule has 5 rings (SSSR count). The highest BCUT2D eigenvalue weighted by molar-refractivity contribution is 6.31. The van der Waals surface area contributed by atoms with E-state index in [1.165, 1.54) is 12.1 Å². The molecule has 2 unspecified atom stereocenters. The second kappa shape index (κ2) is 10.8. The number of hydrogen-bond donors (Lipinski definition) is 1. The van der Waals surface area contributed by atoms with E-state index in [0.717, 1.165) is 17.3 Å². The highest BCUT2D eigenvalue weighted by Crippen LogP contribution is 2.55. The summed E-state index contributed by atoms with van der Waals surface area (Å²) < 4.78 is 35.5. The van der Waals surface area contributed by atoms with Gasteiger partial charge >= 0.3 is 0 Å². The standard InChI is InChI=1S/C32H41ClF2N4O3/c1-18-24(33)15-21-26(37-18)32(42-27(21)31(5,6)29(41)36-7)10-12-38(13-11-32)28(40)23-17-39(30(2,3)4)16-22(23)20-9-8-19(34)14-25(20)35/h8-9,14-15,22-23,27H,10-13,16-17H2,1-7H3,(H,36,41)/t22-,23?,27?/m0/s1. The number of aromatic nitrogens is 1. The van der Waals surface area contributed by atoms with Crippen LogP contribution in [0.15, 0.2) is 24.3 Å². The molecule has 10 heteroatoms. The van der Waals surface area contributed by atoms with E-state index in [1.807, 2.05) is 31.7 Å². The average molecular weight is 603 g/mol. The van der Waals surface area contributed by atoms with E-state index in [9.17, 15) is 18.4 Å². The fourth-order valence-electron chi connectivity index (χ4n) is 6.88. The Labute approximate surface area is 251 Å². The molecule has 2 fully saturated rings. The summed E-state index contributed by atoms with van der Waals surface area (Å²) in [6.07, 6.45) is 0.456. The summed E-state index contributed by atoms with van der Waals surface area (Å²) in [6.45, 7) is 13.6. The molecule has 228 valence electrons. The van der Waals surface area contributed by atoms with Crippen LogP contribution in [0.1, 0.15) is 82.0 Å². The quantitative estimate of drug-likeness (QED) is 0.500. The summed E-state index contributed by atoms with van der Waals surface area (Å²) in [6, 6.07) is 5.50. The Morgan fingerprint density at radius 3 is 2.33 bits per heavy atom. The molecule has 0 saturated carbocycles. The van der Waals surface area contributed by atoms with Crippen molar-refractivity contribution < 1.29 is 23.1 Å². The predicted molar refractivity (Wildman–Crippen MR) is 157 cm³/mol. The van der Waals surface area contributed by atoms with Gasteiger partial charge in [-0.1, -0.05) is 17.7 Å². The number of likely N-dealkylation sites (tertiary alicyclic amines) is 2. The van der Waals surface area contributed by atoms with Crippen LogP contribution in [0.4, 0.5) is 8.78 Å². The van der Waals surface area contributed by atoms with E-state index >= 15 is 0 Å². The van der Waals surface area contributed by atoms with Gasteiger partial charge in [-0.2, -0.15) is 0 Å². The average Bonchev–Trinajstić information content (AvgIpc) is 3.50. The van der Waals surface area contributed by atoms with Gasteiger partial charge in [0.05, 0.1) is 33.8 Å². The third kappa shape index (κ3) is 5.22. The predicted octanol–water partition coefficient (Wildman–Crippen LogP) is 5.50. The topological polar surface area (TPSA) is 74.8 Å². The number of hydrogen-bond acceptors (Lipinski definition) is 5. The van der Waals surface area contributed by atoms with Gasteiger partial charge in [0.1, 0.15) is 17.2 Å². The lowest BCUT2D eigenvalue weighted by molar-refractivity contribution is -0.165. The second-order valence-corrected chi connectivity index (χ2v) is 14.0. The van der Waals surface area contributed by atoms with Crippen LogP contribution in [-0.4, -0.2) is 65.4 Å². The molecule has 3 atom stereocenters. The van der Waals surface area contributed by atoms with Gasteiger partial charge in [0.25, 0.3) is 0 Å². The first kappa shape index (κ1) is 30.8. The molecular weight excluding hydrogens is 562 g/mol. The first-order valence-corrected chi connectivity index (χ1v) is 15.0. The SMILES string of the molecule is CNC(=O)C(C)(C)C1OC2(CCN(C(=O)C3CN(C(C)(C)C)C[C@H]3c3ccc(F)cc3F)CC2)c2nc(C)c(Cl)cc21. The van der Waals surface area contributed by atoms with Crippen LogP contribution in [0.5, 0.6) is 0 Å². The number of nitrogens with one attached hydrogen (secondary N) is 1. The van der Waals surface area contributed by atoms with E-state index in [2.05, 4.69) is 31.0 Å². The Morgan fingerprint density at radius 2 is 1.74 bits per heavy atom. The number of fused-ring (bicyclic) bond motifs is 2. The Morgan fingerprint density at radius 1 is 1.07 bits per heavy atom. The van der Waals surface area contributed by atoms with Gasteiger partial charge < -0.3 is 15.0 Å². The van der Waals surface area contributed by atoms with Crippen LogP contribution in [0.2, 0.25) is 5.02 Å². The van der Waals surface area contributed by atoms with Crippen LogP contribution >= 0.6 is 11.6 Å². The Balaban J connectivity index is 1.41. The van der Waals surface area contributed by atoms with Gasteiger partial charge in [0.15, 0.2) is 0 Å². The zero-order chi connectivity index (χ0) is 30.8. The minimum absolute atomic E-state index is 0.0361. The van der Waals surface area contributed by atoms with Crippen LogP contribution < -0.4 is 5.32 Å². The molecule has 1 spiro atoms. The van der Waals surface area contributed by atoms with Gasteiger partial charge in [-0.25, -0.2) is 8.78 Å². The monoisotopic (exact) mass is 602 g/mol. The normalized spacial score (nSPS) is 24.2. The number of carbonyl (C=O) groups is 2. The van der Waals surface area contributed by atoms with Crippen molar-refractivity contribution in [2.24, 2.45) is 11.3 Å². The molecule has 0 radical (unpaired) electrons. The molecule has 1 N–H and O–H groups in total. The summed E-state index contributed by atoms with van der Waals surface area (Å²) in [7, 11) is 1.61. The van der Waals surface area contributed by atoms with Crippen LogP contribution in [-0.2, 0) is 19.9 Å². The zero-order valence-electron chi connectivity index (χ0n) is 25.5. The molecule has 1 aromatic carbocycles. The van der Waals surface area contributed by atoms with E-state index in [1.54, 1.807) is 7.05 Å². The van der Waals surface area contributed by atoms with Crippen molar-refractivity contribution in [1.29, 1.82) is 0 Å². The van der Waals surface area contributed by atoms with E-state index in [0.29, 0.717) is 55.3 Å². The van der Waals surface area contributed by atoms with E-state index in [-0.39, 0.29) is 23.3 Å². The van der Waals surface area contributed by atoms with Crippen LogP contribution in [0.25, 0.3) is 0 Å². The third-order valence-electron chi connectivity index (χ3n) is 9.54. The van der Waals surface area contributed by atoms with Gasteiger partial charge in [-0.15, -0.1) is 0 Å². The number of amides is 2. The lowest BCUT2D eigenvalue weighted by Gasteiger charge is -2.41. The largest absolute Gasteiger partial charge is 0.359 e. The fourth-order valence-corrected chi connectivity index (χ4v) is 7.04. The minimum Gasteiger partial charge on any atom is -0.359 e. The molecule has 2 aromatic rings. The Kier molecular flexibility index (Phi) is 7.95. The number of aryl methyl sites for hydroxylation is 1. The number of carbonyl (C=O) groups excluding carboxylic acids is 2. The number of halogens is 3. The van der Waals surface area contributed by atoms with Crippen molar-refractivity contribution >= 4 is 23.4 Å². The number of ether oxygens (including phenoxy) is 1. The second-order valence-electron chi connectivity index (χ2n) is 13.6. The minimum atomic E-state index is -0.882. The molecular formula is C32H41ClF2N4O3. The molecule has 7 nitrogen and oxygen atoms in total. The van der Waals surface area contributed by atoms with E-state index < -0.39 is 34.7 Å². The number of rotatable bonds is 4.